The Labute approximate surface area is 132 Å². The fourth-order valence-electron chi connectivity index (χ4n) is 2.73. The molecule has 0 radical (unpaired) electrons. The molecule has 0 saturated heterocycles. The SMILES string of the molecule is CN(C)C(=O)CC(c1ccccc1)C(CO)c1ccccc1. The molecule has 3 heteroatoms. The Balaban J connectivity index is 2.36. The second-order valence-corrected chi connectivity index (χ2v) is 5.71. The average Bonchev–Trinajstić information content (AvgIpc) is 2.56. The van der Waals surface area contributed by atoms with Crippen molar-refractivity contribution in [2.75, 3.05) is 20.7 Å². The van der Waals surface area contributed by atoms with Crippen molar-refractivity contribution >= 4 is 5.91 Å². The van der Waals surface area contributed by atoms with Crippen LogP contribution < -0.4 is 0 Å². The van der Waals surface area contributed by atoms with Crippen molar-refractivity contribution in [3.8, 4) is 0 Å². The Hall–Kier alpha value is -2.13. The van der Waals surface area contributed by atoms with Crippen LogP contribution in [-0.2, 0) is 4.79 Å². The van der Waals surface area contributed by atoms with Crippen LogP contribution in [0.4, 0.5) is 0 Å². The van der Waals surface area contributed by atoms with E-state index in [-0.39, 0.29) is 24.3 Å². The summed E-state index contributed by atoms with van der Waals surface area (Å²) in [5.74, 6) is -0.0563. The minimum absolute atomic E-state index is 0.0181. The van der Waals surface area contributed by atoms with E-state index in [1.54, 1.807) is 19.0 Å². The second-order valence-electron chi connectivity index (χ2n) is 5.71. The molecule has 0 saturated carbocycles. The zero-order valence-electron chi connectivity index (χ0n) is 13.1. The summed E-state index contributed by atoms with van der Waals surface area (Å²) in [6.07, 6.45) is 0.386. The number of amides is 1. The van der Waals surface area contributed by atoms with Crippen LogP contribution in [0.25, 0.3) is 0 Å². The molecule has 0 fully saturated rings. The molecule has 0 aliphatic heterocycles. The first kappa shape index (κ1) is 16.2. The van der Waals surface area contributed by atoms with Crippen molar-refractivity contribution < 1.29 is 9.90 Å². The molecule has 3 nitrogen and oxygen atoms in total. The molecular weight excluding hydrogens is 274 g/mol. The Morgan fingerprint density at radius 2 is 1.36 bits per heavy atom. The van der Waals surface area contributed by atoms with Gasteiger partial charge in [-0.15, -0.1) is 0 Å². The summed E-state index contributed by atoms with van der Waals surface area (Å²) in [7, 11) is 3.53. The van der Waals surface area contributed by atoms with Crippen molar-refractivity contribution in [3.63, 3.8) is 0 Å². The van der Waals surface area contributed by atoms with E-state index < -0.39 is 0 Å². The predicted octanol–water partition coefficient (Wildman–Crippen LogP) is 3.02. The quantitative estimate of drug-likeness (QED) is 0.890. The molecule has 116 valence electrons. The van der Waals surface area contributed by atoms with Crippen LogP contribution in [0, 0.1) is 0 Å². The third-order valence-electron chi connectivity index (χ3n) is 4.03. The van der Waals surface area contributed by atoms with Crippen LogP contribution in [0.15, 0.2) is 60.7 Å². The van der Waals surface area contributed by atoms with E-state index in [2.05, 4.69) is 0 Å². The first-order valence-electron chi connectivity index (χ1n) is 7.54. The summed E-state index contributed by atoms with van der Waals surface area (Å²) >= 11 is 0. The molecule has 2 aromatic rings. The Kier molecular flexibility index (Phi) is 5.73. The van der Waals surface area contributed by atoms with Crippen molar-refractivity contribution in [2.45, 2.75) is 18.3 Å². The maximum atomic E-state index is 12.2. The molecular formula is C19H23NO2. The summed E-state index contributed by atoms with van der Waals surface area (Å²) < 4.78 is 0. The van der Waals surface area contributed by atoms with E-state index in [9.17, 15) is 9.90 Å². The second kappa shape index (κ2) is 7.76. The molecule has 0 aliphatic carbocycles. The smallest absolute Gasteiger partial charge is 0.222 e. The van der Waals surface area contributed by atoms with E-state index in [0.717, 1.165) is 11.1 Å². The number of hydrogen-bond donors (Lipinski definition) is 1. The normalized spacial score (nSPS) is 13.4. The van der Waals surface area contributed by atoms with Crippen LogP contribution >= 0.6 is 0 Å². The Morgan fingerprint density at radius 3 is 1.77 bits per heavy atom. The van der Waals surface area contributed by atoms with Crippen LogP contribution in [0.3, 0.4) is 0 Å². The van der Waals surface area contributed by atoms with Crippen LogP contribution in [0.2, 0.25) is 0 Å². The molecule has 22 heavy (non-hydrogen) atoms. The maximum absolute atomic E-state index is 12.2. The summed E-state index contributed by atoms with van der Waals surface area (Å²) in [4.78, 5) is 13.8. The summed E-state index contributed by atoms with van der Waals surface area (Å²) in [6, 6.07) is 19.9. The highest BCUT2D eigenvalue weighted by molar-refractivity contribution is 5.76. The number of nitrogens with zero attached hydrogens (tertiary/aromatic N) is 1. The Bertz CT molecular complexity index is 581. The van der Waals surface area contributed by atoms with Gasteiger partial charge >= 0.3 is 0 Å². The van der Waals surface area contributed by atoms with Gasteiger partial charge in [-0.1, -0.05) is 60.7 Å². The molecule has 0 heterocycles. The van der Waals surface area contributed by atoms with E-state index in [1.807, 2.05) is 60.7 Å². The molecule has 2 rings (SSSR count). The van der Waals surface area contributed by atoms with Crippen molar-refractivity contribution in [3.05, 3.63) is 71.8 Å². The van der Waals surface area contributed by atoms with Gasteiger partial charge in [-0.2, -0.15) is 0 Å². The lowest BCUT2D eigenvalue weighted by molar-refractivity contribution is -0.129. The zero-order valence-corrected chi connectivity index (χ0v) is 13.1. The van der Waals surface area contributed by atoms with E-state index in [4.69, 9.17) is 0 Å². The zero-order chi connectivity index (χ0) is 15.9. The molecule has 1 N–H and O–H groups in total. The van der Waals surface area contributed by atoms with Crippen LogP contribution in [0.5, 0.6) is 0 Å². The standard InChI is InChI=1S/C19H23NO2/c1-20(2)19(22)13-17(15-9-5-3-6-10-15)18(14-21)16-11-7-4-8-12-16/h3-12,17-18,21H,13-14H2,1-2H3. The van der Waals surface area contributed by atoms with Crippen molar-refractivity contribution in [2.24, 2.45) is 0 Å². The number of benzene rings is 2. The third-order valence-corrected chi connectivity index (χ3v) is 4.03. The average molecular weight is 297 g/mol. The number of hydrogen-bond acceptors (Lipinski definition) is 2. The molecule has 2 aromatic carbocycles. The van der Waals surface area contributed by atoms with Gasteiger partial charge in [0.1, 0.15) is 0 Å². The van der Waals surface area contributed by atoms with Gasteiger partial charge in [0, 0.05) is 32.4 Å². The van der Waals surface area contributed by atoms with Crippen molar-refractivity contribution in [1.29, 1.82) is 0 Å². The lowest BCUT2D eigenvalue weighted by Crippen LogP contribution is -2.26. The lowest BCUT2D eigenvalue weighted by atomic mass is 9.79. The largest absolute Gasteiger partial charge is 0.396 e. The summed E-state index contributed by atoms with van der Waals surface area (Å²) in [5.41, 5.74) is 2.14. The van der Waals surface area contributed by atoms with Crippen LogP contribution in [0.1, 0.15) is 29.4 Å². The van der Waals surface area contributed by atoms with Gasteiger partial charge < -0.3 is 10.0 Å². The van der Waals surface area contributed by atoms with E-state index >= 15 is 0 Å². The van der Waals surface area contributed by atoms with Crippen LogP contribution in [-0.4, -0.2) is 36.6 Å². The first-order valence-corrected chi connectivity index (χ1v) is 7.54. The van der Waals surface area contributed by atoms with Gasteiger partial charge in [0.15, 0.2) is 0 Å². The maximum Gasteiger partial charge on any atom is 0.222 e. The number of aliphatic hydroxyl groups is 1. The minimum atomic E-state index is -0.0903. The van der Waals surface area contributed by atoms with Gasteiger partial charge in [0.05, 0.1) is 6.61 Å². The molecule has 0 aliphatic rings. The highest BCUT2D eigenvalue weighted by Gasteiger charge is 2.27. The number of carbonyl (C=O) groups is 1. The molecule has 2 unspecified atom stereocenters. The van der Waals surface area contributed by atoms with Gasteiger partial charge in [-0.25, -0.2) is 0 Å². The molecule has 0 spiro atoms. The number of carbonyl (C=O) groups excluding carboxylic acids is 1. The minimum Gasteiger partial charge on any atom is -0.396 e. The topological polar surface area (TPSA) is 40.5 Å². The fraction of sp³-hybridized carbons (Fsp3) is 0.316. The first-order chi connectivity index (χ1) is 10.6. The summed E-state index contributed by atoms with van der Waals surface area (Å²) in [6.45, 7) is 0.0181. The highest BCUT2D eigenvalue weighted by atomic mass is 16.3. The Morgan fingerprint density at radius 1 is 0.909 bits per heavy atom. The van der Waals surface area contributed by atoms with Gasteiger partial charge in [0.25, 0.3) is 0 Å². The molecule has 1 amide bonds. The molecule has 2 atom stereocenters. The van der Waals surface area contributed by atoms with Crippen molar-refractivity contribution in [1.82, 2.24) is 4.90 Å². The number of aliphatic hydroxyl groups excluding tert-OH is 1. The van der Waals surface area contributed by atoms with E-state index in [0.29, 0.717) is 6.42 Å². The highest BCUT2D eigenvalue weighted by Crippen LogP contribution is 2.35. The molecule has 0 aromatic heterocycles. The van der Waals surface area contributed by atoms with Gasteiger partial charge in [-0.3, -0.25) is 4.79 Å². The fourth-order valence-corrected chi connectivity index (χ4v) is 2.73. The summed E-state index contributed by atoms with van der Waals surface area (Å²) in [5, 5.41) is 9.94. The number of rotatable bonds is 6. The van der Waals surface area contributed by atoms with Gasteiger partial charge in [-0.05, 0) is 11.1 Å². The monoisotopic (exact) mass is 297 g/mol. The third kappa shape index (κ3) is 3.95. The predicted molar refractivity (Wildman–Crippen MR) is 88.8 cm³/mol. The van der Waals surface area contributed by atoms with E-state index in [1.165, 1.54) is 0 Å². The lowest BCUT2D eigenvalue weighted by Gasteiger charge is -2.27. The molecule has 0 bridgehead atoms. The van der Waals surface area contributed by atoms with Gasteiger partial charge in [0.2, 0.25) is 5.91 Å².